The molecular formula is C18H19FN2. The van der Waals surface area contributed by atoms with Gasteiger partial charge in [0.1, 0.15) is 5.82 Å². The number of nitrogens with zero attached hydrogens (tertiary/aromatic N) is 1. The molecule has 2 nitrogen and oxygen atoms in total. The van der Waals surface area contributed by atoms with E-state index in [-0.39, 0.29) is 5.82 Å². The van der Waals surface area contributed by atoms with Crippen LogP contribution in [0, 0.1) is 17.1 Å². The van der Waals surface area contributed by atoms with Gasteiger partial charge in [0.15, 0.2) is 0 Å². The van der Waals surface area contributed by atoms with Crippen molar-refractivity contribution in [1.29, 1.82) is 5.26 Å². The SMILES string of the molecule is CC(C)c1ccc(CNCc2cc(F)ccc2C#N)cc1. The number of hydrogen-bond acceptors (Lipinski definition) is 2. The van der Waals surface area contributed by atoms with E-state index in [0.717, 1.165) is 0 Å². The van der Waals surface area contributed by atoms with Crippen molar-refractivity contribution in [3.8, 4) is 6.07 Å². The molecule has 0 fully saturated rings. The number of benzene rings is 2. The molecular weight excluding hydrogens is 263 g/mol. The molecule has 0 aliphatic carbocycles. The summed E-state index contributed by atoms with van der Waals surface area (Å²) in [5.41, 5.74) is 3.69. The molecule has 1 N–H and O–H groups in total. The van der Waals surface area contributed by atoms with Gasteiger partial charge in [0.2, 0.25) is 0 Å². The van der Waals surface area contributed by atoms with Crippen molar-refractivity contribution in [3.63, 3.8) is 0 Å². The fraction of sp³-hybridized carbons (Fsp3) is 0.278. The third kappa shape index (κ3) is 4.14. The van der Waals surface area contributed by atoms with E-state index >= 15 is 0 Å². The summed E-state index contributed by atoms with van der Waals surface area (Å²) in [5.74, 6) is 0.213. The fourth-order valence-corrected chi connectivity index (χ4v) is 2.18. The molecule has 2 rings (SSSR count). The number of rotatable bonds is 5. The number of nitrogens with one attached hydrogen (secondary N) is 1. The Bertz CT molecular complexity index is 639. The Balaban J connectivity index is 1.95. The Morgan fingerprint density at radius 1 is 1.10 bits per heavy atom. The summed E-state index contributed by atoms with van der Waals surface area (Å²) in [5, 5.41) is 12.3. The van der Waals surface area contributed by atoms with Crippen molar-refractivity contribution in [2.45, 2.75) is 32.9 Å². The zero-order valence-corrected chi connectivity index (χ0v) is 12.4. The number of hydrogen-bond donors (Lipinski definition) is 1. The molecule has 21 heavy (non-hydrogen) atoms. The monoisotopic (exact) mass is 282 g/mol. The molecule has 0 heterocycles. The lowest BCUT2D eigenvalue weighted by Gasteiger charge is -2.09. The second-order valence-electron chi connectivity index (χ2n) is 5.41. The second kappa shape index (κ2) is 7.01. The molecule has 0 spiro atoms. The van der Waals surface area contributed by atoms with Crippen LogP contribution in [0.4, 0.5) is 4.39 Å². The Morgan fingerprint density at radius 3 is 2.43 bits per heavy atom. The van der Waals surface area contributed by atoms with Gasteiger partial charge in [0.25, 0.3) is 0 Å². The highest BCUT2D eigenvalue weighted by molar-refractivity contribution is 5.37. The van der Waals surface area contributed by atoms with Crippen LogP contribution in [0.1, 0.15) is 42.0 Å². The van der Waals surface area contributed by atoms with Gasteiger partial charge in [-0.25, -0.2) is 4.39 Å². The van der Waals surface area contributed by atoms with Gasteiger partial charge < -0.3 is 5.32 Å². The van der Waals surface area contributed by atoms with E-state index in [4.69, 9.17) is 5.26 Å². The van der Waals surface area contributed by atoms with Crippen LogP contribution < -0.4 is 5.32 Å². The lowest BCUT2D eigenvalue weighted by molar-refractivity contribution is 0.619. The topological polar surface area (TPSA) is 35.8 Å². The summed E-state index contributed by atoms with van der Waals surface area (Å²) < 4.78 is 13.2. The standard InChI is InChI=1S/C18H19FN2/c1-13(2)15-5-3-14(4-6-15)11-21-12-17-9-18(19)8-7-16(17)10-20/h3-9,13,21H,11-12H2,1-2H3. The van der Waals surface area contributed by atoms with E-state index in [1.54, 1.807) is 0 Å². The Morgan fingerprint density at radius 2 is 1.81 bits per heavy atom. The van der Waals surface area contributed by atoms with Crippen LogP contribution in [0.2, 0.25) is 0 Å². The molecule has 2 aromatic carbocycles. The van der Waals surface area contributed by atoms with E-state index in [2.05, 4.69) is 49.5 Å². The average Bonchev–Trinajstić information content (AvgIpc) is 2.48. The molecule has 0 amide bonds. The van der Waals surface area contributed by atoms with Gasteiger partial charge in [0.05, 0.1) is 11.6 Å². The normalized spacial score (nSPS) is 10.6. The van der Waals surface area contributed by atoms with E-state index in [0.29, 0.717) is 30.1 Å². The smallest absolute Gasteiger partial charge is 0.123 e. The highest BCUT2D eigenvalue weighted by atomic mass is 19.1. The highest BCUT2D eigenvalue weighted by Gasteiger charge is 2.04. The van der Waals surface area contributed by atoms with E-state index in [1.165, 1.54) is 29.3 Å². The molecule has 108 valence electrons. The first-order valence-electron chi connectivity index (χ1n) is 7.08. The molecule has 3 heteroatoms. The van der Waals surface area contributed by atoms with Crippen LogP contribution in [0.3, 0.4) is 0 Å². The van der Waals surface area contributed by atoms with Gasteiger partial charge in [-0.2, -0.15) is 5.26 Å². The van der Waals surface area contributed by atoms with Crippen LogP contribution in [-0.2, 0) is 13.1 Å². The van der Waals surface area contributed by atoms with Crippen LogP contribution in [0.15, 0.2) is 42.5 Å². The maximum absolute atomic E-state index is 13.2. The molecule has 0 unspecified atom stereocenters. The van der Waals surface area contributed by atoms with Gasteiger partial charge in [-0.15, -0.1) is 0 Å². The third-order valence-electron chi connectivity index (χ3n) is 3.48. The first kappa shape index (κ1) is 15.2. The molecule has 0 aliphatic rings. The first-order valence-corrected chi connectivity index (χ1v) is 7.08. The van der Waals surface area contributed by atoms with E-state index in [1.807, 2.05) is 0 Å². The predicted molar refractivity (Wildman–Crippen MR) is 82.2 cm³/mol. The van der Waals surface area contributed by atoms with Crippen molar-refractivity contribution in [1.82, 2.24) is 5.32 Å². The lowest BCUT2D eigenvalue weighted by atomic mass is 10.0. The van der Waals surface area contributed by atoms with Crippen molar-refractivity contribution in [2.24, 2.45) is 0 Å². The molecule has 0 aliphatic heterocycles. The lowest BCUT2D eigenvalue weighted by Crippen LogP contribution is -2.13. The summed E-state index contributed by atoms with van der Waals surface area (Å²) in [6, 6.07) is 14.8. The molecule has 0 radical (unpaired) electrons. The Labute approximate surface area is 125 Å². The summed E-state index contributed by atoms with van der Waals surface area (Å²) in [7, 11) is 0. The zero-order chi connectivity index (χ0) is 15.2. The summed E-state index contributed by atoms with van der Waals surface area (Å²) >= 11 is 0. The number of halogens is 1. The Kier molecular flexibility index (Phi) is 5.08. The first-order chi connectivity index (χ1) is 10.1. The van der Waals surface area contributed by atoms with Crippen LogP contribution in [0.5, 0.6) is 0 Å². The van der Waals surface area contributed by atoms with Crippen molar-refractivity contribution in [3.05, 3.63) is 70.5 Å². The minimum atomic E-state index is -0.313. The van der Waals surface area contributed by atoms with E-state index in [9.17, 15) is 4.39 Å². The molecule has 0 saturated carbocycles. The van der Waals surface area contributed by atoms with Gasteiger partial charge >= 0.3 is 0 Å². The van der Waals surface area contributed by atoms with Crippen molar-refractivity contribution < 1.29 is 4.39 Å². The minimum absolute atomic E-state index is 0.313. The van der Waals surface area contributed by atoms with Gasteiger partial charge in [-0.05, 0) is 40.8 Å². The largest absolute Gasteiger partial charge is 0.309 e. The van der Waals surface area contributed by atoms with Gasteiger partial charge in [0, 0.05) is 13.1 Å². The highest BCUT2D eigenvalue weighted by Crippen LogP contribution is 2.15. The van der Waals surface area contributed by atoms with Crippen molar-refractivity contribution >= 4 is 0 Å². The summed E-state index contributed by atoms with van der Waals surface area (Å²) in [6.45, 7) is 5.51. The maximum Gasteiger partial charge on any atom is 0.123 e. The molecule has 2 aromatic rings. The van der Waals surface area contributed by atoms with Crippen LogP contribution in [-0.4, -0.2) is 0 Å². The Hall–Kier alpha value is -2.18. The fourth-order valence-electron chi connectivity index (χ4n) is 2.18. The third-order valence-corrected chi connectivity index (χ3v) is 3.48. The van der Waals surface area contributed by atoms with Gasteiger partial charge in [-0.1, -0.05) is 38.1 Å². The summed E-state index contributed by atoms with van der Waals surface area (Å²) in [6.07, 6.45) is 0. The van der Waals surface area contributed by atoms with Gasteiger partial charge in [-0.3, -0.25) is 0 Å². The second-order valence-corrected chi connectivity index (χ2v) is 5.41. The molecule has 0 bridgehead atoms. The van der Waals surface area contributed by atoms with E-state index < -0.39 is 0 Å². The maximum atomic E-state index is 13.2. The molecule has 0 aromatic heterocycles. The minimum Gasteiger partial charge on any atom is -0.309 e. The number of nitriles is 1. The molecule has 0 atom stereocenters. The quantitative estimate of drug-likeness (QED) is 0.895. The average molecular weight is 282 g/mol. The zero-order valence-electron chi connectivity index (χ0n) is 12.4. The van der Waals surface area contributed by atoms with Crippen molar-refractivity contribution in [2.75, 3.05) is 0 Å². The summed E-state index contributed by atoms with van der Waals surface area (Å²) in [4.78, 5) is 0. The van der Waals surface area contributed by atoms with Crippen LogP contribution >= 0.6 is 0 Å². The predicted octanol–water partition coefficient (Wildman–Crippen LogP) is 4.11. The van der Waals surface area contributed by atoms with Crippen LogP contribution in [0.25, 0.3) is 0 Å². The molecule has 0 saturated heterocycles.